The molecule has 94 valence electrons. The molecule has 0 aliphatic rings. The van der Waals surface area contributed by atoms with Crippen LogP contribution in [0.1, 0.15) is 11.3 Å². The summed E-state index contributed by atoms with van der Waals surface area (Å²) in [5.41, 5.74) is 2.93. The zero-order valence-corrected chi connectivity index (χ0v) is 11.9. The highest BCUT2D eigenvalue weighted by Gasteiger charge is 2.07. The van der Waals surface area contributed by atoms with Crippen molar-refractivity contribution in [1.29, 1.82) is 0 Å². The number of benzene rings is 1. The summed E-state index contributed by atoms with van der Waals surface area (Å²) in [6.07, 6.45) is 3.31. The van der Waals surface area contributed by atoms with E-state index < -0.39 is 0 Å². The lowest BCUT2D eigenvalue weighted by Gasteiger charge is -2.12. The fourth-order valence-electron chi connectivity index (χ4n) is 1.60. The summed E-state index contributed by atoms with van der Waals surface area (Å²) in [4.78, 5) is 8.30. The second-order valence-corrected chi connectivity index (χ2v) is 4.66. The standard InChI is InChI=1S/C13H14BrN3O/c1-9-6-16-7-13(17-9)18-8-10-11(14)4-3-5-12(10)15-2/h3-7,15H,8H2,1-2H3. The first-order chi connectivity index (χ1) is 8.70. The van der Waals surface area contributed by atoms with Crippen LogP contribution in [0.25, 0.3) is 0 Å². The zero-order chi connectivity index (χ0) is 13.0. The van der Waals surface area contributed by atoms with Crippen molar-refractivity contribution in [2.75, 3.05) is 12.4 Å². The van der Waals surface area contributed by atoms with Crippen molar-refractivity contribution >= 4 is 21.6 Å². The predicted octanol–water partition coefficient (Wildman–Crippen LogP) is 3.17. The topological polar surface area (TPSA) is 47.0 Å². The fraction of sp³-hybridized carbons (Fsp3) is 0.231. The van der Waals surface area contributed by atoms with E-state index in [-0.39, 0.29) is 0 Å². The van der Waals surface area contributed by atoms with Gasteiger partial charge in [-0.05, 0) is 19.1 Å². The highest BCUT2D eigenvalue weighted by atomic mass is 79.9. The van der Waals surface area contributed by atoms with Gasteiger partial charge in [-0.2, -0.15) is 0 Å². The van der Waals surface area contributed by atoms with Crippen LogP contribution in [-0.2, 0) is 6.61 Å². The van der Waals surface area contributed by atoms with Crippen molar-refractivity contribution < 1.29 is 4.74 Å². The van der Waals surface area contributed by atoms with Gasteiger partial charge in [0, 0.05) is 29.0 Å². The minimum absolute atomic E-state index is 0.440. The largest absolute Gasteiger partial charge is 0.472 e. The maximum atomic E-state index is 5.65. The van der Waals surface area contributed by atoms with Gasteiger partial charge in [0.25, 0.3) is 0 Å². The van der Waals surface area contributed by atoms with E-state index in [9.17, 15) is 0 Å². The van der Waals surface area contributed by atoms with Gasteiger partial charge in [0.2, 0.25) is 5.88 Å². The van der Waals surface area contributed by atoms with Crippen LogP contribution in [0.2, 0.25) is 0 Å². The van der Waals surface area contributed by atoms with E-state index in [1.807, 2.05) is 32.2 Å². The second-order valence-electron chi connectivity index (χ2n) is 3.80. The molecule has 4 nitrogen and oxygen atoms in total. The SMILES string of the molecule is CNc1cccc(Br)c1COc1cncc(C)n1. The number of rotatable bonds is 4. The van der Waals surface area contributed by atoms with Gasteiger partial charge in [-0.25, -0.2) is 4.98 Å². The second kappa shape index (κ2) is 5.82. The lowest BCUT2D eigenvalue weighted by molar-refractivity contribution is 0.291. The summed E-state index contributed by atoms with van der Waals surface area (Å²) in [5.74, 6) is 0.535. The van der Waals surface area contributed by atoms with Gasteiger partial charge in [0.05, 0.1) is 11.9 Å². The van der Waals surface area contributed by atoms with Gasteiger partial charge in [-0.15, -0.1) is 0 Å². The van der Waals surface area contributed by atoms with Gasteiger partial charge < -0.3 is 10.1 Å². The minimum atomic E-state index is 0.440. The quantitative estimate of drug-likeness (QED) is 0.942. The number of hydrogen-bond acceptors (Lipinski definition) is 4. The molecule has 0 saturated heterocycles. The first kappa shape index (κ1) is 12.8. The minimum Gasteiger partial charge on any atom is -0.472 e. The molecule has 2 rings (SSSR count). The number of hydrogen-bond donors (Lipinski definition) is 1. The number of ether oxygens (including phenoxy) is 1. The number of nitrogens with one attached hydrogen (secondary N) is 1. The Labute approximate surface area is 115 Å². The van der Waals surface area contributed by atoms with Crippen LogP contribution in [0, 0.1) is 6.92 Å². The molecule has 0 spiro atoms. The number of nitrogens with zero attached hydrogens (tertiary/aromatic N) is 2. The van der Waals surface area contributed by atoms with Crippen molar-refractivity contribution in [3.8, 4) is 5.88 Å². The van der Waals surface area contributed by atoms with E-state index in [1.165, 1.54) is 0 Å². The number of anilines is 1. The van der Waals surface area contributed by atoms with Gasteiger partial charge in [-0.3, -0.25) is 4.98 Å². The normalized spacial score (nSPS) is 10.2. The first-order valence-electron chi connectivity index (χ1n) is 5.57. The summed E-state index contributed by atoms with van der Waals surface area (Å²) >= 11 is 3.52. The Kier molecular flexibility index (Phi) is 4.15. The molecule has 0 saturated carbocycles. The van der Waals surface area contributed by atoms with Gasteiger partial charge >= 0.3 is 0 Å². The van der Waals surface area contributed by atoms with E-state index in [0.29, 0.717) is 12.5 Å². The highest BCUT2D eigenvalue weighted by molar-refractivity contribution is 9.10. The molecule has 0 amide bonds. The molecule has 1 aromatic heterocycles. The molecular weight excluding hydrogens is 294 g/mol. The summed E-state index contributed by atoms with van der Waals surface area (Å²) < 4.78 is 6.66. The van der Waals surface area contributed by atoms with Crippen molar-refractivity contribution in [3.63, 3.8) is 0 Å². The van der Waals surface area contributed by atoms with Crippen LogP contribution in [0.3, 0.4) is 0 Å². The Bertz CT molecular complexity index is 546. The van der Waals surface area contributed by atoms with E-state index in [1.54, 1.807) is 12.4 Å². The molecule has 0 unspecified atom stereocenters. The average Bonchev–Trinajstić information content (AvgIpc) is 2.37. The Hall–Kier alpha value is -1.62. The molecule has 1 aromatic carbocycles. The summed E-state index contributed by atoms with van der Waals surface area (Å²) in [6.45, 7) is 2.33. The van der Waals surface area contributed by atoms with Crippen LogP contribution in [-0.4, -0.2) is 17.0 Å². The van der Waals surface area contributed by atoms with E-state index in [2.05, 4.69) is 31.2 Å². The molecule has 0 atom stereocenters. The third-order valence-corrected chi connectivity index (χ3v) is 3.23. The molecule has 0 fully saturated rings. The fourth-order valence-corrected chi connectivity index (χ4v) is 2.08. The molecular formula is C13H14BrN3O. The predicted molar refractivity (Wildman–Crippen MR) is 74.8 cm³/mol. The molecule has 1 N–H and O–H groups in total. The highest BCUT2D eigenvalue weighted by Crippen LogP contribution is 2.25. The third kappa shape index (κ3) is 2.98. The average molecular weight is 308 g/mol. The van der Waals surface area contributed by atoms with E-state index >= 15 is 0 Å². The Morgan fingerprint density at radius 1 is 1.33 bits per heavy atom. The Balaban J connectivity index is 2.15. The summed E-state index contributed by atoms with van der Waals surface area (Å²) in [5, 5.41) is 3.14. The zero-order valence-electron chi connectivity index (χ0n) is 10.3. The molecule has 1 heterocycles. The van der Waals surface area contributed by atoms with Crippen LogP contribution in [0.5, 0.6) is 5.88 Å². The van der Waals surface area contributed by atoms with Crippen molar-refractivity contribution in [2.24, 2.45) is 0 Å². The van der Waals surface area contributed by atoms with Crippen molar-refractivity contribution in [3.05, 3.63) is 46.3 Å². The maximum absolute atomic E-state index is 5.65. The van der Waals surface area contributed by atoms with Gasteiger partial charge in [0.1, 0.15) is 6.61 Å². The maximum Gasteiger partial charge on any atom is 0.232 e. The number of halogens is 1. The number of aryl methyl sites for hydroxylation is 1. The van der Waals surface area contributed by atoms with Crippen LogP contribution < -0.4 is 10.1 Å². The monoisotopic (exact) mass is 307 g/mol. The molecule has 0 bridgehead atoms. The molecule has 2 aromatic rings. The molecule has 0 aliphatic carbocycles. The van der Waals surface area contributed by atoms with E-state index in [0.717, 1.165) is 21.4 Å². The van der Waals surface area contributed by atoms with Crippen molar-refractivity contribution in [2.45, 2.75) is 13.5 Å². The van der Waals surface area contributed by atoms with Crippen LogP contribution >= 0.6 is 15.9 Å². The molecule has 0 radical (unpaired) electrons. The van der Waals surface area contributed by atoms with Crippen LogP contribution in [0.4, 0.5) is 5.69 Å². The van der Waals surface area contributed by atoms with Gasteiger partial charge in [0.15, 0.2) is 0 Å². The molecule has 5 heteroatoms. The van der Waals surface area contributed by atoms with Gasteiger partial charge in [-0.1, -0.05) is 22.0 Å². The molecule has 18 heavy (non-hydrogen) atoms. The summed E-state index contributed by atoms with van der Waals surface area (Å²) in [6, 6.07) is 5.97. The Morgan fingerprint density at radius 2 is 2.17 bits per heavy atom. The lowest BCUT2D eigenvalue weighted by atomic mass is 10.2. The van der Waals surface area contributed by atoms with E-state index in [4.69, 9.17) is 4.74 Å². The number of aromatic nitrogens is 2. The third-order valence-electron chi connectivity index (χ3n) is 2.49. The Morgan fingerprint density at radius 3 is 2.89 bits per heavy atom. The first-order valence-corrected chi connectivity index (χ1v) is 6.36. The van der Waals surface area contributed by atoms with Crippen molar-refractivity contribution in [1.82, 2.24) is 9.97 Å². The smallest absolute Gasteiger partial charge is 0.232 e. The summed E-state index contributed by atoms with van der Waals surface area (Å²) in [7, 11) is 1.89. The van der Waals surface area contributed by atoms with Crippen LogP contribution in [0.15, 0.2) is 35.1 Å². The molecule has 0 aliphatic heterocycles. The lowest BCUT2D eigenvalue weighted by Crippen LogP contribution is -2.03.